The highest BCUT2D eigenvalue weighted by Crippen LogP contribution is 2.60. The molecule has 2 aromatic rings. The van der Waals surface area contributed by atoms with Crippen LogP contribution in [0.25, 0.3) is 0 Å². The highest BCUT2D eigenvalue weighted by Gasteiger charge is 2.60. The number of carbonyl (C=O) groups is 1. The zero-order valence-electron chi connectivity index (χ0n) is 15.4. The molecule has 3 rings (SSSR count). The fraction of sp³-hybridized carbons (Fsp3) is 0.409. The first-order valence-electron chi connectivity index (χ1n) is 8.84. The molecule has 132 valence electrons. The van der Waals surface area contributed by atoms with Gasteiger partial charge in [-0.3, -0.25) is 4.79 Å². The first-order valence-corrected chi connectivity index (χ1v) is 9.66. The third kappa shape index (κ3) is 3.77. The van der Waals surface area contributed by atoms with Gasteiger partial charge in [-0.2, -0.15) is 0 Å². The summed E-state index contributed by atoms with van der Waals surface area (Å²) >= 11 is 1.66. The molecule has 0 radical (unpaired) electrons. The summed E-state index contributed by atoms with van der Waals surface area (Å²) in [4.78, 5) is 14.4. The van der Waals surface area contributed by atoms with Gasteiger partial charge in [-0.05, 0) is 50.8 Å². The highest BCUT2D eigenvalue weighted by molar-refractivity contribution is 8.01. The summed E-state index contributed by atoms with van der Waals surface area (Å²) in [5, 5.41) is 0. The molecule has 2 nitrogen and oxygen atoms in total. The van der Waals surface area contributed by atoms with E-state index in [0.29, 0.717) is 5.92 Å². The summed E-state index contributed by atoms with van der Waals surface area (Å²) in [5.74, 6) is 0.515. The third-order valence-electron chi connectivity index (χ3n) is 4.64. The zero-order chi connectivity index (χ0) is 18.1. The Morgan fingerprint density at radius 2 is 1.60 bits per heavy atom. The van der Waals surface area contributed by atoms with Crippen LogP contribution >= 0.6 is 11.8 Å². The van der Waals surface area contributed by atoms with E-state index >= 15 is 0 Å². The van der Waals surface area contributed by atoms with E-state index in [1.54, 1.807) is 11.8 Å². The quantitative estimate of drug-likeness (QED) is 0.661. The predicted molar refractivity (Wildman–Crippen MR) is 104 cm³/mol. The lowest BCUT2D eigenvalue weighted by molar-refractivity contribution is -0.163. The van der Waals surface area contributed by atoms with Gasteiger partial charge in [0.2, 0.25) is 0 Å². The van der Waals surface area contributed by atoms with Crippen molar-refractivity contribution in [1.29, 1.82) is 0 Å². The lowest BCUT2D eigenvalue weighted by atomic mass is 9.62. The number of benzene rings is 2. The van der Waals surface area contributed by atoms with Gasteiger partial charge < -0.3 is 4.74 Å². The van der Waals surface area contributed by atoms with Crippen molar-refractivity contribution in [2.24, 2.45) is 5.92 Å². The minimum atomic E-state index is -0.560. The lowest BCUT2D eigenvalue weighted by Gasteiger charge is -2.52. The molecule has 0 spiro atoms. The van der Waals surface area contributed by atoms with Gasteiger partial charge in [0, 0.05) is 10.8 Å². The van der Waals surface area contributed by atoms with Crippen LogP contribution < -0.4 is 0 Å². The van der Waals surface area contributed by atoms with E-state index in [4.69, 9.17) is 4.74 Å². The maximum Gasteiger partial charge on any atom is 0.323 e. The molecule has 0 unspecified atom stereocenters. The van der Waals surface area contributed by atoms with Crippen molar-refractivity contribution in [3.8, 4) is 0 Å². The molecule has 0 N–H and O–H groups in total. The first kappa shape index (κ1) is 18.1. The monoisotopic (exact) mass is 354 g/mol. The normalized spacial score (nSPS) is 25.9. The number of ether oxygens (including phenoxy) is 1. The number of hydrogen-bond donors (Lipinski definition) is 0. The summed E-state index contributed by atoms with van der Waals surface area (Å²) in [7, 11) is 0. The lowest BCUT2D eigenvalue weighted by Crippen LogP contribution is -2.56. The van der Waals surface area contributed by atoms with Gasteiger partial charge in [0.25, 0.3) is 0 Å². The average molecular weight is 355 g/mol. The number of carbonyl (C=O) groups excluding carboxylic acids is 1. The van der Waals surface area contributed by atoms with E-state index < -0.39 is 10.3 Å². The maximum atomic E-state index is 13.3. The van der Waals surface area contributed by atoms with Crippen molar-refractivity contribution in [3.63, 3.8) is 0 Å². The maximum absolute atomic E-state index is 13.3. The first-order chi connectivity index (χ1) is 11.8. The van der Waals surface area contributed by atoms with Crippen LogP contribution in [-0.2, 0) is 9.53 Å². The number of hydrogen-bond acceptors (Lipinski definition) is 3. The van der Waals surface area contributed by atoms with E-state index in [1.165, 1.54) is 5.56 Å². The Morgan fingerprint density at radius 1 is 1.04 bits per heavy atom. The summed E-state index contributed by atoms with van der Waals surface area (Å²) in [5.41, 5.74) is 0.733. The Balaban J connectivity index is 1.99. The van der Waals surface area contributed by atoms with Crippen LogP contribution in [-0.4, -0.2) is 16.3 Å². The molecule has 1 fully saturated rings. The molecule has 3 heteroatoms. The van der Waals surface area contributed by atoms with Gasteiger partial charge in [-0.1, -0.05) is 55.5 Å². The number of rotatable bonds is 4. The summed E-state index contributed by atoms with van der Waals surface area (Å²) < 4.78 is 5.30. The van der Waals surface area contributed by atoms with Crippen LogP contribution in [0.4, 0.5) is 0 Å². The van der Waals surface area contributed by atoms with E-state index in [0.717, 1.165) is 11.3 Å². The summed E-state index contributed by atoms with van der Waals surface area (Å²) in [6, 6.07) is 20.6. The summed E-state index contributed by atoms with van der Waals surface area (Å²) in [6.07, 6.45) is 0.834. The molecular weight excluding hydrogens is 328 g/mol. The van der Waals surface area contributed by atoms with Crippen molar-refractivity contribution in [2.45, 2.75) is 55.3 Å². The second-order valence-electron chi connectivity index (χ2n) is 7.88. The molecule has 1 aliphatic carbocycles. The van der Waals surface area contributed by atoms with Crippen molar-refractivity contribution in [1.82, 2.24) is 0 Å². The molecular formula is C22H26O2S. The fourth-order valence-electron chi connectivity index (χ4n) is 3.70. The molecule has 25 heavy (non-hydrogen) atoms. The van der Waals surface area contributed by atoms with Crippen molar-refractivity contribution >= 4 is 17.7 Å². The van der Waals surface area contributed by atoms with E-state index in [2.05, 4.69) is 31.2 Å². The van der Waals surface area contributed by atoms with Gasteiger partial charge in [0.15, 0.2) is 0 Å². The SMILES string of the molecule is C[C@H]1C[C@](Sc2ccccc2)(C(=O)OC(C)(C)C)[C@@H]1c1ccccc1. The minimum absolute atomic E-state index is 0.0965. The van der Waals surface area contributed by atoms with Gasteiger partial charge in [0.1, 0.15) is 10.3 Å². The molecule has 3 atom stereocenters. The fourth-order valence-corrected chi connectivity index (χ4v) is 5.38. The Bertz CT molecular complexity index is 721. The Labute approximate surface area is 155 Å². The third-order valence-corrected chi connectivity index (χ3v) is 6.10. The molecule has 1 aliphatic rings. The predicted octanol–water partition coefficient (Wildman–Crippen LogP) is 5.68. The second kappa shape index (κ2) is 6.87. The van der Waals surface area contributed by atoms with Crippen molar-refractivity contribution < 1.29 is 9.53 Å². The molecule has 0 saturated heterocycles. The van der Waals surface area contributed by atoms with E-state index in [9.17, 15) is 4.79 Å². The van der Waals surface area contributed by atoms with Crippen molar-refractivity contribution in [2.75, 3.05) is 0 Å². The molecule has 0 bridgehead atoms. The van der Waals surface area contributed by atoms with Gasteiger partial charge in [-0.15, -0.1) is 11.8 Å². The zero-order valence-corrected chi connectivity index (χ0v) is 16.2. The van der Waals surface area contributed by atoms with Crippen LogP contribution in [0, 0.1) is 5.92 Å². The molecule has 2 aromatic carbocycles. The van der Waals surface area contributed by atoms with E-state index in [-0.39, 0.29) is 11.9 Å². The van der Waals surface area contributed by atoms with Gasteiger partial charge in [0.05, 0.1) is 0 Å². The number of thioether (sulfide) groups is 1. The Kier molecular flexibility index (Phi) is 4.97. The molecule has 0 amide bonds. The molecule has 0 aromatic heterocycles. The van der Waals surface area contributed by atoms with Crippen molar-refractivity contribution in [3.05, 3.63) is 66.2 Å². The Morgan fingerprint density at radius 3 is 2.12 bits per heavy atom. The average Bonchev–Trinajstić information content (AvgIpc) is 2.54. The highest BCUT2D eigenvalue weighted by atomic mass is 32.2. The van der Waals surface area contributed by atoms with Crippen LogP contribution in [0.1, 0.15) is 45.6 Å². The van der Waals surface area contributed by atoms with Crippen LogP contribution in [0.15, 0.2) is 65.6 Å². The van der Waals surface area contributed by atoms with E-state index in [1.807, 2.05) is 57.2 Å². The molecule has 0 aliphatic heterocycles. The second-order valence-corrected chi connectivity index (χ2v) is 9.28. The van der Waals surface area contributed by atoms with Crippen LogP contribution in [0.2, 0.25) is 0 Å². The van der Waals surface area contributed by atoms with Crippen LogP contribution in [0.3, 0.4) is 0 Å². The van der Waals surface area contributed by atoms with Gasteiger partial charge in [-0.25, -0.2) is 0 Å². The van der Waals surface area contributed by atoms with Crippen LogP contribution in [0.5, 0.6) is 0 Å². The summed E-state index contributed by atoms with van der Waals surface area (Å²) in [6.45, 7) is 8.04. The Hall–Kier alpha value is -1.74. The standard InChI is InChI=1S/C22H26O2S/c1-16-15-22(20(23)24-21(2,3)4,25-18-13-9-6-10-14-18)19(16)17-11-7-5-8-12-17/h5-14,16,19H,15H2,1-4H3/t16-,19-,22+/m0/s1. The molecule has 0 heterocycles. The van der Waals surface area contributed by atoms with Gasteiger partial charge >= 0.3 is 5.97 Å². The largest absolute Gasteiger partial charge is 0.459 e. The topological polar surface area (TPSA) is 26.3 Å². The number of esters is 1. The molecule has 1 saturated carbocycles. The minimum Gasteiger partial charge on any atom is -0.459 e. The smallest absolute Gasteiger partial charge is 0.323 e.